The second-order valence-electron chi connectivity index (χ2n) is 25.0. The summed E-state index contributed by atoms with van der Waals surface area (Å²) in [4.78, 5) is 185. The fourth-order valence-electron chi connectivity index (χ4n) is 12.2. The van der Waals surface area contributed by atoms with Crippen molar-refractivity contribution in [3.05, 3.63) is 155 Å². The third-order valence-corrected chi connectivity index (χ3v) is 19.6. The first kappa shape index (κ1) is 75.5. The number of nitrogens with one attached hydrogen (secondary N) is 12. The van der Waals surface area contributed by atoms with Crippen LogP contribution in [0.1, 0.15) is 79.0 Å². The lowest BCUT2D eigenvalue weighted by Crippen LogP contribution is -2.61. The predicted molar refractivity (Wildman–Crippen MR) is 380 cm³/mol. The number of primary amides is 1. The van der Waals surface area contributed by atoms with Crippen LogP contribution in [0.4, 0.5) is 0 Å². The molecule has 11 amide bonds. The number of aliphatic carboxylic acids is 1. The van der Waals surface area contributed by atoms with E-state index in [1.54, 1.807) is 60.9 Å². The standard InChI is InChI=1S/C70H84N16O14S2/c1-39(87)78-58-37-102-35-42-11-8-10-41(24-42)34-101-36-57(62(72)92)85-69(99)59-17-9-23-86(59)70(100)56(25-40-18-20-46(88)21-19-40)84-66(96)54(28-45-32-73-38-77-45)82-67(97)55(29-61(90)91)83-65(95)53(27-44-31-75-50-15-5-3-13-48(44)50)81-64(94)52(26-43-30-74-49-14-4-2-12-47(43)49)79-60(89)33-76-63(93)51(80-68(58)98)16-6-7-22-71/h2-5,8,10-15,18-21,24,30-32,38,51-59,74-75,88H,6-7,9,16-17,22-23,25-29,33-37,71H2,1H3,(H2,72,92)(H,73,77)(H,76,93)(H,78,87)(H,79,89)(H,80,98)(H,81,94)(H,82,97)(H,83,95)(H,84,96)(H,85,99)(H,90,91)/t51-,52-,53-,54-,55-,56-,57-,58-,59-/m0/s1. The molecular weight excluding hydrogens is 1350 g/mol. The lowest BCUT2D eigenvalue weighted by atomic mass is 10.0. The SMILES string of the molecule is CC(=O)N[C@H]1CSCc2cccc(c2)CSC[C@@H](C(N)=O)NC(=O)[C@@H]2CCCN2C(=O)[C@H](Cc2ccc(O)cc2)NC(=O)[C@H](Cc2c[nH]cn2)NC(=O)[C@H](CC(=O)O)NC(=O)[C@H](Cc2c[nH]c3ccccc23)NC(=O)[C@H](Cc2c[nH]c3ccccc23)NC(=O)CNC(=O)[C@H](CCCCN)NC1=O. The molecule has 9 rings (SSSR count). The summed E-state index contributed by atoms with van der Waals surface area (Å²) in [6, 6.07) is 14.6. The fourth-order valence-corrected chi connectivity index (χ4v) is 14.2. The normalized spacial score (nSPS) is 22.5. The van der Waals surface area contributed by atoms with Crippen molar-refractivity contribution in [2.24, 2.45) is 11.5 Å². The van der Waals surface area contributed by atoms with Crippen LogP contribution < -0.4 is 59.3 Å². The maximum Gasteiger partial charge on any atom is 0.305 e. The number of nitrogens with zero attached hydrogens (tertiary/aromatic N) is 2. The number of benzene rings is 4. The zero-order valence-electron chi connectivity index (χ0n) is 55.9. The van der Waals surface area contributed by atoms with Gasteiger partial charge in [0, 0.05) is 103 Å². The van der Waals surface area contributed by atoms with Gasteiger partial charge in [0.05, 0.1) is 25.0 Å². The third-order valence-electron chi connectivity index (χ3n) is 17.4. The molecule has 9 atom stereocenters. The van der Waals surface area contributed by atoms with Crippen molar-refractivity contribution in [2.75, 3.05) is 31.1 Å². The van der Waals surface area contributed by atoms with Gasteiger partial charge in [-0.25, -0.2) is 4.98 Å². The van der Waals surface area contributed by atoms with E-state index in [1.165, 1.54) is 72.1 Å². The zero-order chi connectivity index (χ0) is 72.8. The van der Waals surface area contributed by atoms with E-state index in [2.05, 4.69) is 67.8 Å². The molecule has 2 bridgehead atoms. The summed E-state index contributed by atoms with van der Waals surface area (Å²) in [5, 5.41) is 45.9. The predicted octanol–water partition coefficient (Wildman–Crippen LogP) is 0.623. The molecule has 4 aromatic carbocycles. The van der Waals surface area contributed by atoms with Crippen LogP contribution in [-0.4, -0.2) is 192 Å². The number of H-pyrrole nitrogens is 3. The zero-order valence-corrected chi connectivity index (χ0v) is 57.6. The number of fused-ring (bicyclic) bond motifs is 5. The number of carboxylic acids is 1. The second-order valence-corrected chi connectivity index (χ2v) is 27.1. The Kier molecular flexibility index (Phi) is 27.1. The molecule has 32 heteroatoms. The number of aromatic amines is 3. The van der Waals surface area contributed by atoms with Crippen LogP contribution in [0.25, 0.3) is 21.8 Å². The summed E-state index contributed by atoms with van der Waals surface area (Å²) in [6.45, 7) is 0.846. The highest BCUT2D eigenvalue weighted by atomic mass is 32.2. The lowest BCUT2D eigenvalue weighted by Gasteiger charge is -2.31. The molecule has 5 heterocycles. The maximum atomic E-state index is 15.1. The van der Waals surface area contributed by atoms with Gasteiger partial charge in [-0.1, -0.05) is 72.8 Å². The molecule has 0 unspecified atom stereocenters. The number of nitrogens with two attached hydrogens (primary N) is 2. The number of hydrogen-bond acceptors (Lipinski definition) is 17. The van der Waals surface area contributed by atoms with Gasteiger partial charge in [0.2, 0.25) is 65.0 Å². The number of unbranched alkanes of at least 4 members (excludes halogenated alkanes) is 1. The van der Waals surface area contributed by atoms with Crippen molar-refractivity contribution < 1.29 is 67.7 Å². The molecule has 2 aliphatic heterocycles. The Balaban J connectivity index is 1.06. The molecule has 18 N–H and O–H groups in total. The monoisotopic (exact) mass is 1440 g/mol. The molecule has 0 aliphatic carbocycles. The number of para-hydroxylation sites is 2. The van der Waals surface area contributed by atoms with E-state index < -0.39 is 138 Å². The van der Waals surface area contributed by atoms with E-state index in [0.717, 1.165) is 11.1 Å². The first-order chi connectivity index (χ1) is 49.1. The third kappa shape index (κ3) is 21.4. The minimum atomic E-state index is -1.97. The number of aromatic hydroxyl groups is 1. The van der Waals surface area contributed by atoms with E-state index >= 15 is 14.4 Å². The van der Waals surface area contributed by atoms with Crippen molar-refractivity contribution in [1.82, 2.24) is 72.7 Å². The first-order valence-corrected chi connectivity index (χ1v) is 35.7. The Bertz CT molecular complexity index is 4150. The average molecular weight is 1440 g/mol. The van der Waals surface area contributed by atoms with E-state index in [9.17, 15) is 53.4 Å². The summed E-state index contributed by atoms with van der Waals surface area (Å²) >= 11 is 2.63. The minimum Gasteiger partial charge on any atom is -0.508 e. The molecule has 102 heavy (non-hydrogen) atoms. The number of amides is 11. The van der Waals surface area contributed by atoms with E-state index in [1.807, 2.05) is 24.3 Å². The van der Waals surface area contributed by atoms with Gasteiger partial charge >= 0.3 is 5.97 Å². The summed E-state index contributed by atoms with van der Waals surface area (Å²) in [5.74, 6) is -10.1. The maximum absolute atomic E-state index is 15.1. The van der Waals surface area contributed by atoms with Gasteiger partial charge in [-0.15, -0.1) is 0 Å². The lowest BCUT2D eigenvalue weighted by molar-refractivity contribution is -0.143. The molecule has 30 nitrogen and oxygen atoms in total. The summed E-state index contributed by atoms with van der Waals surface area (Å²) in [6.07, 6.45) is 5.30. The van der Waals surface area contributed by atoms with Crippen molar-refractivity contribution >= 4 is 116 Å². The Labute approximate surface area is 594 Å². The molecular formula is C70H84N16O14S2. The molecule has 1 saturated heterocycles. The van der Waals surface area contributed by atoms with Crippen LogP contribution in [0.15, 0.2) is 122 Å². The molecule has 0 radical (unpaired) electrons. The molecule has 1 fully saturated rings. The number of rotatable bonds is 16. The quantitative estimate of drug-likeness (QED) is 0.0590. The second kappa shape index (κ2) is 36.6. The largest absolute Gasteiger partial charge is 0.508 e. The van der Waals surface area contributed by atoms with Crippen molar-refractivity contribution in [2.45, 2.75) is 137 Å². The number of phenols is 1. The summed E-state index contributed by atoms with van der Waals surface area (Å²) in [5.41, 5.74) is 16.5. The van der Waals surface area contributed by atoms with Gasteiger partial charge in [-0.3, -0.25) is 57.5 Å². The molecule has 3 aromatic heterocycles. The van der Waals surface area contributed by atoms with Crippen molar-refractivity contribution in [1.29, 1.82) is 0 Å². The number of phenolic OH excluding ortho intramolecular Hbond substituents is 1. The Morgan fingerprint density at radius 3 is 1.79 bits per heavy atom. The van der Waals surface area contributed by atoms with Crippen molar-refractivity contribution in [3.8, 4) is 5.75 Å². The highest BCUT2D eigenvalue weighted by Crippen LogP contribution is 2.25. The van der Waals surface area contributed by atoms with Crippen LogP contribution in [0.2, 0.25) is 0 Å². The molecule has 0 saturated carbocycles. The number of hydrogen-bond donors (Lipinski definition) is 16. The Morgan fingerprint density at radius 1 is 0.618 bits per heavy atom. The number of carbonyl (C=O) groups excluding carboxylic acids is 11. The minimum absolute atomic E-state index is 0.0292. The first-order valence-electron chi connectivity index (χ1n) is 33.4. The molecule has 0 spiro atoms. The van der Waals surface area contributed by atoms with Gasteiger partial charge in [0.25, 0.3) is 0 Å². The topological polar surface area (TPSA) is 469 Å². The number of carbonyl (C=O) groups is 12. The van der Waals surface area contributed by atoms with Gasteiger partial charge in [0.15, 0.2) is 0 Å². The fraction of sp³-hybridized carbons (Fsp3) is 0.386. The van der Waals surface area contributed by atoms with Gasteiger partial charge in [-0.05, 0) is 90.7 Å². The smallest absolute Gasteiger partial charge is 0.305 e. The van der Waals surface area contributed by atoms with Crippen LogP contribution in [0, 0.1) is 0 Å². The molecule has 540 valence electrons. The van der Waals surface area contributed by atoms with Crippen LogP contribution in [0.5, 0.6) is 5.75 Å². The van der Waals surface area contributed by atoms with E-state index in [0.29, 0.717) is 69.3 Å². The summed E-state index contributed by atoms with van der Waals surface area (Å²) < 4.78 is 0. The van der Waals surface area contributed by atoms with Crippen LogP contribution in [0.3, 0.4) is 0 Å². The van der Waals surface area contributed by atoms with E-state index in [-0.39, 0.29) is 74.6 Å². The Hall–Kier alpha value is -10.7. The molecule has 2 aliphatic rings. The highest BCUT2D eigenvalue weighted by molar-refractivity contribution is 7.98. The number of imidazole rings is 1. The number of carboxylic acid groups (broad SMARTS) is 1. The van der Waals surface area contributed by atoms with Gasteiger partial charge < -0.3 is 89.4 Å². The Morgan fingerprint density at radius 2 is 1.20 bits per heavy atom. The van der Waals surface area contributed by atoms with Gasteiger partial charge in [0.1, 0.15) is 60.1 Å². The summed E-state index contributed by atoms with van der Waals surface area (Å²) in [7, 11) is 0. The number of thioether (sulfide) groups is 2. The van der Waals surface area contributed by atoms with E-state index in [4.69, 9.17) is 11.5 Å². The number of aromatic nitrogens is 4. The highest BCUT2D eigenvalue weighted by Gasteiger charge is 2.41. The van der Waals surface area contributed by atoms with Crippen LogP contribution in [-0.2, 0) is 94.7 Å². The van der Waals surface area contributed by atoms with Gasteiger partial charge in [-0.2, -0.15) is 23.5 Å². The van der Waals surface area contributed by atoms with Crippen LogP contribution >= 0.6 is 23.5 Å². The van der Waals surface area contributed by atoms with Crippen molar-refractivity contribution in [3.63, 3.8) is 0 Å². The molecule has 7 aromatic rings. The average Bonchev–Trinajstić information content (AvgIpc) is 1.64.